The molecular formula is C17H10F5N3O3S2. The van der Waals surface area contributed by atoms with E-state index in [1.54, 1.807) is 4.72 Å². The standard InChI is InChI=1S/C17H10F5N3O3S2/c18-12-5-4-11(7-13(12)19)30(27,28)25-15(26)24-16-23-14(8-29-16)9-2-1-3-10(6-9)17(20,21)22/h1-8H,(H2,23,24,25,26). The van der Waals surface area contributed by atoms with Crippen LogP contribution in [0.15, 0.2) is 52.7 Å². The second kappa shape index (κ2) is 7.99. The number of aromatic nitrogens is 1. The SMILES string of the molecule is O=C(Nc1nc(-c2cccc(C(F)(F)F)c2)cs1)NS(=O)(=O)c1ccc(F)c(F)c1. The van der Waals surface area contributed by atoms with Gasteiger partial charge in [0.25, 0.3) is 10.0 Å². The van der Waals surface area contributed by atoms with Crippen LogP contribution in [0.4, 0.5) is 31.9 Å². The van der Waals surface area contributed by atoms with Gasteiger partial charge in [-0.2, -0.15) is 13.2 Å². The first-order valence-electron chi connectivity index (χ1n) is 7.88. The minimum absolute atomic E-state index is 0.0969. The number of carbonyl (C=O) groups is 1. The number of thiazole rings is 1. The molecule has 2 amide bonds. The molecule has 0 radical (unpaired) electrons. The van der Waals surface area contributed by atoms with Crippen molar-refractivity contribution in [2.45, 2.75) is 11.1 Å². The molecule has 158 valence electrons. The van der Waals surface area contributed by atoms with Crippen molar-refractivity contribution in [2.24, 2.45) is 0 Å². The second-order valence-corrected chi connectivity index (χ2v) is 8.29. The van der Waals surface area contributed by atoms with Crippen LogP contribution in [0.2, 0.25) is 0 Å². The average Bonchev–Trinajstić information content (AvgIpc) is 3.11. The molecule has 13 heteroatoms. The van der Waals surface area contributed by atoms with Gasteiger partial charge in [-0.15, -0.1) is 11.3 Å². The third kappa shape index (κ3) is 4.91. The van der Waals surface area contributed by atoms with Crippen molar-refractivity contribution in [1.82, 2.24) is 9.71 Å². The second-order valence-electron chi connectivity index (χ2n) is 5.75. The predicted octanol–water partition coefficient (Wildman–Crippen LogP) is 4.62. The predicted molar refractivity (Wildman–Crippen MR) is 98.3 cm³/mol. The Morgan fingerprint density at radius 3 is 2.43 bits per heavy atom. The summed E-state index contributed by atoms with van der Waals surface area (Å²) in [7, 11) is -4.50. The van der Waals surface area contributed by atoms with Crippen LogP contribution < -0.4 is 10.0 Å². The van der Waals surface area contributed by atoms with Crippen LogP contribution in [-0.2, 0) is 16.2 Å². The smallest absolute Gasteiger partial charge is 0.283 e. The molecule has 1 heterocycles. The Hall–Kier alpha value is -3.06. The molecule has 2 N–H and O–H groups in total. The topological polar surface area (TPSA) is 88.2 Å². The molecule has 1 aromatic heterocycles. The van der Waals surface area contributed by atoms with E-state index < -0.39 is 44.3 Å². The number of carbonyl (C=O) groups excluding carboxylic acids is 1. The fraction of sp³-hybridized carbons (Fsp3) is 0.0588. The quantitative estimate of drug-likeness (QED) is 0.553. The summed E-state index contributed by atoms with van der Waals surface area (Å²) in [5, 5.41) is 3.39. The van der Waals surface area contributed by atoms with Gasteiger partial charge < -0.3 is 0 Å². The molecule has 0 saturated carbocycles. The minimum Gasteiger partial charge on any atom is -0.283 e. The molecule has 2 aromatic carbocycles. The highest BCUT2D eigenvalue weighted by molar-refractivity contribution is 7.90. The summed E-state index contributed by atoms with van der Waals surface area (Å²) in [4.78, 5) is 15.2. The molecular weight excluding hydrogens is 453 g/mol. The molecule has 3 aromatic rings. The van der Waals surface area contributed by atoms with E-state index in [1.165, 1.54) is 17.5 Å². The molecule has 0 atom stereocenters. The summed E-state index contributed by atoms with van der Waals surface area (Å²) in [6.07, 6.45) is -4.54. The molecule has 0 fully saturated rings. The summed E-state index contributed by atoms with van der Waals surface area (Å²) in [5.41, 5.74) is -0.605. The number of amides is 2. The number of hydrogen-bond acceptors (Lipinski definition) is 5. The van der Waals surface area contributed by atoms with Gasteiger partial charge in [0.15, 0.2) is 16.8 Å². The molecule has 0 unspecified atom stereocenters. The fourth-order valence-corrected chi connectivity index (χ4v) is 3.90. The van der Waals surface area contributed by atoms with Gasteiger partial charge in [0.05, 0.1) is 16.2 Å². The zero-order valence-corrected chi connectivity index (χ0v) is 16.1. The molecule has 30 heavy (non-hydrogen) atoms. The van der Waals surface area contributed by atoms with Gasteiger partial charge in [-0.1, -0.05) is 12.1 Å². The van der Waals surface area contributed by atoms with Gasteiger partial charge in [0, 0.05) is 10.9 Å². The molecule has 0 aliphatic carbocycles. The normalized spacial score (nSPS) is 11.9. The van der Waals surface area contributed by atoms with Crippen LogP contribution in [0.5, 0.6) is 0 Å². The lowest BCUT2D eigenvalue weighted by Crippen LogP contribution is -2.34. The molecule has 0 spiro atoms. The largest absolute Gasteiger partial charge is 0.416 e. The number of urea groups is 1. The van der Waals surface area contributed by atoms with E-state index in [1.807, 2.05) is 0 Å². The van der Waals surface area contributed by atoms with Gasteiger partial charge in [-0.3, -0.25) is 5.32 Å². The van der Waals surface area contributed by atoms with Crippen LogP contribution in [0.1, 0.15) is 5.56 Å². The number of benzene rings is 2. The molecule has 0 aliphatic heterocycles. The van der Waals surface area contributed by atoms with Gasteiger partial charge in [-0.25, -0.2) is 31.7 Å². The fourth-order valence-electron chi connectivity index (χ4n) is 2.27. The summed E-state index contributed by atoms with van der Waals surface area (Å²) >= 11 is 0.844. The van der Waals surface area contributed by atoms with Crippen molar-refractivity contribution in [3.05, 3.63) is 65.0 Å². The van der Waals surface area contributed by atoms with Crippen molar-refractivity contribution in [2.75, 3.05) is 5.32 Å². The van der Waals surface area contributed by atoms with Crippen LogP contribution in [0.25, 0.3) is 11.3 Å². The van der Waals surface area contributed by atoms with Crippen molar-refractivity contribution >= 4 is 32.5 Å². The average molecular weight is 463 g/mol. The summed E-state index contributed by atoms with van der Waals surface area (Å²) in [5.74, 6) is -2.67. The van der Waals surface area contributed by atoms with E-state index >= 15 is 0 Å². The van der Waals surface area contributed by atoms with E-state index in [0.29, 0.717) is 12.1 Å². The van der Waals surface area contributed by atoms with Crippen molar-refractivity contribution in [3.8, 4) is 11.3 Å². The zero-order chi connectivity index (χ0) is 22.1. The van der Waals surface area contributed by atoms with Crippen LogP contribution in [0.3, 0.4) is 0 Å². The van der Waals surface area contributed by atoms with E-state index in [9.17, 15) is 35.2 Å². The molecule has 3 rings (SSSR count). The Morgan fingerprint density at radius 2 is 1.77 bits per heavy atom. The lowest BCUT2D eigenvalue weighted by molar-refractivity contribution is -0.137. The van der Waals surface area contributed by atoms with E-state index in [4.69, 9.17) is 0 Å². The Kier molecular flexibility index (Phi) is 5.76. The molecule has 0 saturated heterocycles. The lowest BCUT2D eigenvalue weighted by Gasteiger charge is -2.08. The summed E-state index contributed by atoms with van der Waals surface area (Å²) < 4.78 is 90.3. The van der Waals surface area contributed by atoms with E-state index in [0.717, 1.165) is 29.5 Å². The summed E-state index contributed by atoms with van der Waals surface area (Å²) in [6.45, 7) is 0. The number of hydrogen-bond donors (Lipinski definition) is 2. The first-order chi connectivity index (χ1) is 14.0. The third-order valence-corrected chi connectivity index (χ3v) is 5.73. The Labute approximate surface area is 170 Å². The highest BCUT2D eigenvalue weighted by Gasteiger charge is 2.30. The first-order valence-corrected chi connectivity index (χ1v) is 10.2. The summed E-state index contributed by atoms with van der Waals surface area (Å²) in [6, 6.07) is 4.88. The number of halogens is 5. The van der Waals surface area contributed by atoms with Crippen molar-refractivity contribution in [3.63, 3.8) is 0 Å². The number of alkyl halides is 3. The number of rotatable bonds is 4. The van der Waals surface area contributed by atoms with Crippen LogP contribution in [-0.4, -0.2) is 19.4 Å². The highest BCUT2D eigenvalue weighted by atomic mass is 32.2. The Bertz CT molecular complexity index is 1210. The molecule has 0 aliphatic rings. The number of nitrogens with zero attached hydrogens (tertiary/aromatic N) is 1. The molecule has 0 bridgehead atoms. The maximum Gasteiger partial charge on any atom is 0.416 e. The third-order valence-electron chi connectivity index (χ3n) is 3.64. The van der Waals surface area contributed by atoms with Gasteiger partial charge in [0.1, 0.15) is 0 Å². The van der Waals surface area contributed by atoms with Gasteiger partial charge in [-0.05, 0) is 30.3 Å². The number of nitrogens with one attached hydrogen (secondary N) is 2. The number of anilines is 1. The van der Waals surface area contributed by atoms with Crippen LogP contribution in [0, 0.1) is 11.6 Å². The maximum atomic E-state index is 13.2. The first kappa shape index (κ1) is 21.6. The lowest BCUT2D eigenvalue weighted by atomic mass is 10.1. The highest BCUT2D eigenvalue weighted by Crippen LogP contribution is 2.33. The number of sulfonamides is 1. The monoisotopic (exact) mass is 463 g/mol. The van der Waals surface area contributed by atoms with Crippen LogP contribution >= 0.6 is 11.3 Å². The molecule has 6 nitrogen and oxygen atoms in total. The van der Waals surface area contributed by atoms with E-state index in [-0.39, 0.29) is 16.4 Å². The van der Waals surface area contributed by atoms with E-state index in [2.05, 4.69) is 10.3 Å². The van der Waals surface area contributed by atoms with Crippen molar-refractivity contribution in [1.29, 1.82) is 0 Å². The van der Waals surface area contributed by atoms with Gasteiger partial charge in [0.2, 0.25) is 0 Å². The maximum absolute atomic E-state index is 13.2. The van der Waals surface area contributed by atoms with Crippen molar-refractivity contribution < 1.29 is 35.2 Å². The zero-order valence-electron chi connectivity index (χ0n) is 14.5. The minimum atomic E-state index is -4.54. The Morgan fingerprint density at radius 1 is 1.03 bits per heavy atom. The Balaban J connectivity index is 1.73. The van der Waals surface area contributed by atoms with Gasteiger partial charge >= 0.3 is 12.2 Å².